The zero-order valence-electron chi connectivity index (χ0n) is 11.2. The molecule has 1 aromatic carbocycles. The number of rotatable bonds is 7. The molecular weight excluding hydrogens is 276 g/mol. The van der Waals surface area contributed by atoms with Crippen molar-refractivity contribution >= 4 is 17.7 Å². The van der Waals surface area contributed by atoms with Crippen molar-refractivity contribution in [2.75, 3.05) is 0 Å². The maximum absolute atomic E-state index is 10.6. The molecule has 20 heavy (non-hydrogen) atoms. The van der Waals surface area contributed by atoms with Crippen molar-refractivity contribution in [1.29, 1.82) is 0 Å². The van der Waals surface area contributed by atoms with E-state index in [2.05, 4.69) is 22.4 Å². The predicted molar refractivity (Wildman–Crippen MR) is 75.5 cm³/mol. The average Bonchev–Trinajstić information content (AvgIpc) is 2.85. The van der Waals surface area contributed by atoms with Crippen LogP contribution in [0.15, 0.2) is 29.2 Å². The molecule has 0 radical (unpaired) electrons. The molecule has 0 saturated carbocycles. The van der Waals surface area contributed by atoms with Crippen LogP contribution < -0.4 is 0 Å². The van der Waals surface area contributed by atoms with Gasteiger partial charge >= 0.3 is 5.97 Å². The molecule has 1 aromatic heterocycles. The zero-order valence-corrected chi connectivity index (χ0v) is 12.0. The van der Waals surface area contributed by atoms with Crippen molar-refractivity contribution in [2.45, 2.75) is 37.0 Å². The number of hydrogen-bond donors (Lipinski definition) is 1. The monoisotopic (exact) mass is 292 g/mol. The van der Waals surface area contributed by atoms with Gasteiger partial charge < -0.3 is 5.11 Å². The minimum atomic E-state index is -0.816. The number of nitrogens with zero attached hydrogens (tertiary/aromatic N) is 4. The first-order valence-corrected chi connectivity index (χ1v) is 7.36. The van der Waals surface area contributed by atoms with Gasteiger partial charge in [-0.05, 0) is 34.5 Å². The molecule has 7 heteroatoms. The zero-order chi connectivity index (χ0) is 14.4. The van der Waals surface area contributed by atoms with Crippen LogP contribution >= 0.6 is 11.8 Å². The molecule has 0 aliphatic rings. The Kier molecular flexibility index (Phi) is 5.11. The van der Waals surface area contributed by atoms with Gasteiger partial charge in [-0.1, -0.05) is 19.1 Å². The van der Waals surface area contributed by atoms with Gasteiger partial charge in [-0.15, -0.1) is 16.9 Å². The highest BCUT2D eigenvalue weighted by atomic mass is 32.2. The van der Waals surface area contributed by atoms with Gasteiger partial charge in [-0.2, -0.15) is 0 Å². The molecule has 106 valence electrons. The first-order valence-electron chi connectivity index (χ1n) is 6.37. The Morgan fingerprint density at radius 1 is 1.35 bits per heavy atom. The lowest BCUT2D eigenvalue weighted by Crippen LogP contribution is -2.04. The Bertz CT molecular complexity index is 568. The van der Waals surface area contributed by atoms with Crippen molar-refractivity contribution in [3.63, 3.8) is 0 Å². The first-order chi connectivity index (χ1) is 9.69. The van der Waals surface area contributed by atoms with Crippen LogP contribution in [0.4, 0.5) is 0 Å². The van der Waals surface area contributed by atoms with Crippen LogP contribution in [0.3, 0.4) is 0 Å². The maximum Gasteiger partial charge on any atom is 0.307 e. The lowest BCUT2D eigenvalue weighted by molar-refractivity contribution is -0.136. The lowest BCUT2D eigenvalue weighted by Gasteiger charge is -2.04. The number of carbonyl (C=O) groups is 1. The molecule has 0 saturated heterocycles. The van der Waals surface area contributed by atoms with E-state index in [0.717, 1.165) is 29.2 Å². The molecule has 2 rings (SSSR count). The number of aliphatic carboxylic acids is 1. The third-order valence-corrected chi connectivity index (χ3v) is 3.70. The summed E-state index contributed by atoms with van der Waals surface area (Å²) in [6.07, 6.45) is 1.05. The molecule has 0 spiro atoms. The summed E-state index contributed by atoms with van der Waals surface area (Å²) < 4.78 is 1.81. The van der Waals surface area contributed by atoms with Gasteiger partial charge in [-0.25, -0.2) is 4.68 Å². The topological polar surface area (TPSA) is 80.9 Å². The third-order valence-electron chi connectivity index (χ3n) is 2.69. The second kappa shape index (κ2) is 7.04. The number of aryl methyl sites for hydroxylation is 1. The fourth-order valence-electron chi connectivity index (χ4n) is 1.74. The molecule has 0 aliphatic carbocycles. The molecule has 2 aromatic rings. The smallest absolute Gasteiger partial charge is 0.307 e. The second-order valence-corrected chi connectivity index (χ2v) is 5.37. The molecule has 0 atom stereocenters. The summed E-state index contributed by atoms with van der Waals surface area (Å²) >= 11 is 1.63. The van der Waals surface area contributed by atoms with Crippen molar-refractivity contribution in [3.8, 4) is 0 Å². The predicted octanol–water partition coefficient (Wildman–Crippen LogP) is 2.00. The van der Waals surface area contributed by atoms with Crippen LogP contribution in [0, 0.1) is 0 Å². The molecule has 0 aliphatic heterocycles. The van der Waals surface area contributed by atoms with E-state index in [4.69, 9.17) is 5.11 Å². The number of benzene rings is 1. The Morgan fingerprint density at radius 3 is 2.75 bits per heavy atom. The molecular formula is C13H16N4O2S. The molecule has 1 N–H and O–H groups in total. The van der Waals surface area contributed by atoms with Crippen molar-refractivity contribution in [3.05, 3.63) is 35.7 Å². The highest BCUT2D eigenvalue weighted by molar-refractivity contribution is 7.98. The van der Waals surface area contributed by atoms with Crippen LogP contribution in [0.5, 0.6) is 0 Å². The van der Waals surface area contributed by atoms with Gasteiger partial charge in [-0.3, -0.25) is 4.79 Å². The Labute approximate surface area is 121 Å². The highest BCUT2D eigenvalue weighted by Gasteiger charge is 2.06. The van der Waals surface area contributed by atoms with E-state index in [1.165, 1.54) is 0 Å². The van der Waals surface area contributed by atoms with Crippen molar-refractivity contribution in [1.82, 2.24) is 20.2 Å². The van der Waals surface area contributed by atoms with E-state index in [1.54, 1.807) is 11.8 Å². The molecule has 6 nitrogen and oxygen atoms in total. The normalized spacial score (nSPS) is 10.7. The molecule has 0 unspecified atom stereocenters. The number of hydrogen-bond acceptors (Lipinski definition) is 5. The van der Waals surface area contributed by atoms with E-state index in [-0.39, 0.29) is 6.42 Å². The van der Waals surface area contributed by atoms with Gasteiger partial charge in [0.25, 0.3) is 0 Å². The first kappa shape index (κ1) is 14.5. The molecule has 0 fully saturated rings. The van der Waals surface area contributed by atoms with E-state index >= 15 is 0 Å². The number of thioether (sulfide) groups is 1. The van der Waals surface area contributed by atoms with Gasteiger partial charge in [0.1, 0.15) is 0 Å². The van der Waals surface area contributed by atoms with Crippen molar-refractivity contribution in [2.24, 2.45) is 0 Å². The van der Waals surface area contributed by atoms with E-state index < -0.39 is 5.97 Å². The van der Waals surface area contributed by atoms with Gasteiger partial charge in [0.05, 0.1) is 12.2 Å². The summed E-state index contributed by atoms with van der Waals surface area (Å²) in [5.41, 5.74) is 0.803. The van der Waals surface area contributed by atoms with Crippen LogP contribution in [0.2, 0.25) is 0 Å². The third kappa shape index (κ3) is 4.06. The quantitative estimate of drug-likeness (QED) is 0.786. The Morgan fingerprint density at radius 2 is 2.10 bits per heavy atom. The highest BCUT2D eigenvalue weighted by Crippen LogP contribution is 2.22. The summed E-state index contributed by atoms with van der Waals surface area (Å²) in [6, 6.07) is 7.53. The van der Waals surface area contributed by atoms with Crippen LogP contribution in [-0.2, 0) is 23.5 Å². The largest absolute Gasteiger partial charge is 0.481 e. The van der Waals surface area contributed by atoms with E-state index in [0.29, 0.717) is 5.75 Å². The summed E-state index contributed by atoms with van der Waals surface area (Å²) in [7, 11) is 0. The number of aromatic nitrogens is 4. The standard InChI is InChI=1S/C13H16N4O2S/c1-2-7-17-12(14-15-16-17)9-20-11-5-3-10(4-6-11)8-13(18)19/h3-6H,2,7-9H2,1H3,(H,18,19). The Hall–Kier alpha value is -1.89. The molecule has 0 amide bonds. The van der Waals surface area contributed by atoms with Crippen molar-refractivity contribution < 1.29 is 9.90 Å². The van der Waals surface area contributed by atoms with Gasteiger partial charge in [0, 0.05) is 11.4 Å². The van der Waals surface area contributed by atoms with Crippen LogP contribution in [-0.4, -0.2) is 31.3 Å². The van der Waals surface area contributed by atoms with E-state index in [1.807, 2.05) is 28.9 Å². The SMILES string of the molecule is CCCn1nnnc1CSc1ccc(CC(=O)O)cc1. The number of carboxylic acids is 1. The second-order valence-electron chi connectivity index (χ2n) is 4.32. The van der Waals surface area contributed by atoms with Gasteiger partial charge in [0.15, 0.2) is 5.82 Å². The Balaban J connectivity index is 1.93. The fourth-order valence-corrected chi connectivity index (χ4v) is 2.57. The minimum absolute atomic E-state index is 0.0553. The average molecular weight is 292 g/mol. The molecule has 0 bridgehead atoms. The lowest BCUT2D eigenvalue weighted by atomic mass is 10.2. The van der Waals surface area contributed by atoms with E-state index in [9.17, 15) is 4.79 Å². The maximum atomic E-state index is 10.6. The van der Waals surface area contributed by atoms with Crippen LogP contribution in [0.1, 0.15) is 24.7 Å². The number of tetrazole rings is 1. The van der Waals surface area contributed by atoms with Crippen LogP contribution in [0.25, 0.3) is 0 Å². The fraction of sp³-hybridized carbons (Fsp3) is 0.385. The summed E-state index contributed by atoms with van der Waals surface area (Å²) in [6.45, 7) is 2.90. The number of carboxylic acid groups (broad SMARTS) is 1. The summed E-state index contributed by atoms with van der Waals surface area (Å²) in [5, 5.41) is 20.4. The van der Waals surface area contributed by atoms with Gasteiger partial charge in [0.2, 0.25) is 0 Å². The summed E-state index contributed by atoms with van der Waals surface area (Å²) in [4.78, 5) is 11.7. The minimum Gasteiger partial charge on any atom is -0.481 e. The molecule has 1 heterocycles. The summed E-state index contributed by atoms with van der Waals surface area (Å²) in [5.74, 6) is 0.737.